The minimum absolute atomic E-state index is 0.0901. The summed E-state index contributed by atoms with van der Waals surface area (Å²) in [6.07, 6.45) is 3.29. The van der Waals surface area contributed by atoms with Crippen molar-refractivity contribution in [2.24, 2.45) is 13.0 Å². The molecule has 3 aromatic heterocycles. The fourth-order valence-corrected chi connectivity index (χ4v) is 5.72. The number of hydrogen-bond donors (Lipinski definition) is 1. The number of halogens is 1. The number of ether oxygens (including phenoxy) is 1. The number of pyridine rings is 1. The first-order valence-corrected chi connectivity index (χ1v) is 12.8. The Balaban J connectivity index is 1.69. The second kappa shape index (κ2) is 9.29. The lowest BCUT2D eigenvalue weighted by Crippen LogP contribution is -2.27. The van der Waals surface area contributed by atoms with Crippen molar-refractivity contribution in [1.29, 1.82) is 0 Å². The molecule has 6 rings (SSSR count). The summed E-state index contributed by atoms with van der Waals surface area (Å²) in [6.45, 7) is 2.30. The average molecular weight is 517 g/mol. The predicted octanol–water partition coefficient (Wildman–Crippen LogP) is 5.68. The molecule has 0 unspecified atom stereocenters. The fourth-order valence-electron chi connectivity index (χ4n) is 5.72. The van der Waals surface area contributed by atoms with Gasteiger partial charge in [-0.3, -0.25) is 4.98 Å². The Kier molecular flexibility index (Phi) is 5.21. The normalized spacial score (nSPS) is 17.4. The average Bonchev–Trinajstić information content (AvgIpc) is 3.48. The monoisotopic (exact) mass is 516 g/mol. The minimum Gasteiger partial charge on any atom is -0.386 e. The minimum atomic E-state index is -2.45. The summed E-state index contributed by atoms with van der Waals surface area (Å²) in [6, 6.07) is 14.2. The van der Waals surface area contributed by atoms with E-state index in [2.05, 4.69) is 14.9 Å². The van der Waals surface area contributed by atoms with E-state index in [4.69, 9.17) is 13.8 Å². The Labute approximate surface area is 225 Å². The maximum Gasteiger partial charge on any atom is 0.123 e. The molecule has 1 fully saturated rings. The van der Waals surface area contributed by atoms with E-state index >= 15 is 0 Å². The van der Waals surface area contributed by atoms with Crippen LogP contribution in [-0.2, 0) is 17.4 Å². The van der Waals surface area contributed by atoms with Crippen LogP contribution in [0, 0.1) is 18.6 Å². The standard InChI is InChI=1S/C30H32FN5O2/c1-18-28(35(4)34-33-18)21-15-26-27(32-17-21)24-10-7-22(30(2,3)37)16-25(24)36(26)29(20-11-13-38-14-12-20)19-5-8-23(31)9-6-19/h5-10,15-17,20,29,37H,11-14H2,1-4H3/t29-/m1/s1/i1D3. The molecule has 0 saturated carbocycles. The Morgan fingerprint density at radius 3 is 2.58 bits per heavy atom. The third-order valence-electron chi connectivity index (χ3n) is 7.65. The Morgan fingerprint density at radius 1 is 1.11 bits per heavy atom. The lowest BCUT2D eigenvalue weighted by atomic mass is 9.86. The summed E-state index contributed by atoms with van der Waals surface area (Å²) in [5, 5.41) is 19.8. The largest absolute Gasteiger partial charge is 0.386 e. The van der Waals surface area contributed by atoms with Gasteiger partial charge in [-0.2, -0.15) is 0 Å². The van der Waals surface area contributed by atoms with Gasteiger partial charge in [0.15, 0.2) is 0 Å². The summed E-state index contributed by atoms with van der Waals surface area (Å²) in [5.74, 6) is -0.130. The van der Waals surface area contributed by atoms with E-state index < -0.39 is 12.5 Å². The van der Waals surface area contributed by atoms with Crippen LogP contribution < -0.4 is 0 Å². The van der Waals surface area contributed by atoms with Crippen molar-refractivity contribution >= 4 is 21.9 Å². The topological polar surface area (TPSA) is 78.0 Å². The smallest absolute Gasteiger partial charge is 0.123 e. The van der Waals surface area contributed by atoms with Crippen LogP contribution in [-0.4, -0.2) is 42.9 Å². The Hall–Kier alpha value is -3.62. The van der Waals surface area contributed by atoms with Gasteiger partial charge < -0.3 is 14.4 Å². The lowest BCUT2D eigenvalue weighted by molar-refractivity contribution is 0.0552. The first kappa shape index (κ1) is 21.3. The first-order chi connectivity index (χ1) is 19.4. The summed E-state index contributed by atoms with van der Waals surface area (Å²) in [4.78, 5) is 4.86. The predicted molar refractivity (Wildman–Crippen MR) is 145 cm³/mol. The van der Waals surface area contributed by atoms with Crippen molar-refractivity contribution in [2.45, 2.75) is 45.2 Å². The molecule has 0 aliphatic carbocycles. The SMILES string of the molecule is [2H]C([2H])([2H])c1nnn(C)c1-c1cnc2c3ccc(C(C)(C)O)cc3n([C@H](c3ccc(F)cc3)C3CCOCC3)c2c1. The van der Waals surface area contributed by atoms with E-state index in [1.807, 2.05) is 36.4 Å². The number of nitrogens with zero attached hydrogens (tertiary/aromatic N) is 5. The molecule has 38 heavy (non-hydrogen) atoms. The summed E-state index contributed by atoms with van der Waals surface area (Å²) in [7, 11) is 1.66. The van der Waals surface area contributed by atoms with E-state index in [1.54, 1.807) is 27.1 Å². The Morgan fingerprint density at radius 2 is 1.87 bits per heavy atom. The van der Waals surface area contributed by atoms with Crippen LogP contribution in [0.25, 0.3) is 33.2 Å². The zero-order valence-electron chi connectivity index (χ0n) is 24.6. The van der Waals surface area contributed by atoms with Gasteiger partial charge in [0, 0.05) is 41.5 Å². The second-order valence-electron chi connectivity index (χ2n) is 10.6. The van der Waals surface area contributed by atoms with E-state index in [1.165, 1.54) is 16.8 Å². The maximum absolute atomic E-state index is 14.1. The molecule has 8 heteroatoms. The number of aryl methyl sites for hydroxylation is 2. The van der Waals surface area contributed by atoms with Gasteiger partial charge in [0.05, 0.1) is 39.6 Å². The molecule has 5 aromatic rings. The molecule has 0 spiro atoms. The zero-order valence-corrected chi connectivity index (χ0v) is 21.6. The molecule has 196 valence electrons. The van der Waals surface area contributed by atoms with E-state index in [-0.39, 0.29) is 23.5 Å². The van der Waals surface area contributed by atoms with Gasteiger partial charge in [-0.15, -0.1) is 5.10 Å². The molecule has 1 aliphatic rings. The van der Waals surface area contributed by atoms with Crippen molar-refractivity contribution in [3.05, 3.63) is 77.4 Å². The number of hydrogen-bond acceptors (Lipinski definition) is 5. The van der Waals surface area contributed by atoms with E-state index in [0.717, 1.165) is 45.9 Å². The summed E-state index contributed by atoms with van der Waals surface area (Å²) in [5.41, 5.74) is 3.90. The number of aromatic nitrogens is 5. The van der Waals surface area contributed by atoms with Gasteiger partial charge in [-0.25, -0.2) is 9.07 Å². The van der Waals surface area contributed by atoms with Gasteiger partial charge in [0.25, 0.3) is 0 Å². The molecule has 4 heterocycles. The number of benzene rings is 2. The highest BCUT2D eigenvalue weighted by Crippen LogP contribution is 2.42. The van der Waals surface area contributed by atoms with Gasteiger partial charge in [-0.1, -0.05) is 29.5 Å². The van der Waals surface area contributed by atoms with Crippen LogP contribution in [0.1, 0.15) is 53.7 Å². The molecular weight excluding hydrogens is 481 g/mol. The van der Waals surface area contributed by atoms with Gasteiger partial charge in [-0.05, 0) is 74.9 Å². The molecule has 2 aromatic carbocycles. The van der Waals surface area contributed by atoms with Crippen LogP contribution in [0.5, 0.6) is 0 Å². The molecule has 0 radical (unpaired) electrons. The molecular formula is C30H32FN5O2. The van der Waals surface area contributed by atoms with Gasteiger partial charge in [0.1, 0.15) is 5.82 Å². The maximum atomic E-state index is 14.1. The molecule has 1 aliphatic heterocycles. The van der Waals surface area contributed by atoms with Crippen LogP contribution in [0.15, 0.2) is 54.7 Å². The fraction of sp³-hybridized carbons (Fsp3) is 0.367. The first-order valence-electron chi connectivity index (χ1n) is 14.3. The summed E-state index contributed by atoms with van der Waals surface area (Å²) >= 11 is 0. The van der Waals surface area contributed by atoms with Crippen molar-refractivity contribution in [1.82, 2.24) is 24.5 Å². The highest BCUT2D eigenvalue weighted by molar-refractivity contribution is 6.07. The van der Waals surface area contributed by atoms with Crippen LogP contribution in [0.4, 0.5) is 4.39 Å². The number of rotatable bonds is 5. The van der Waals surface area contributed by atoms with Crippen LogP contribution in [0.3, 0.4) is 0 Å². The molecule has 1 saturated heterocycles. The van der Waals surface area contributed by atoms with Crippen LogP contribution >= 0.6 is 0 Å². The van der Waals surface area contributed by atoms with Gasteiger partial charge >= 0.3 is 0 Å². The second-order valence-corrected chi connectivity index (χ2v) is 10.6. The molecule has 0 bridgehead atoms. The van der Waals surface area contributed by atoms with Crippen LogP contribution in [0.2, 0.25) is 0 Å². The highest BCUT2D eigenvalue weighted by atomic mass is 19.1. The number of fused-ring (bicyclic) bond motifs is 3. The molecule has 1 atom stereocenters. The lowest BCUT2D eigenvalue weighted by Gasteiger charge is -2.33. The molecule has 7 nitrogen and oxygen atoms in total. The van der Waals surface area contributed by atoms with Crippen molar-refractivity contribution < 1.29 is 18.3 Å². The van der Waals surface area contributed by atoms with Crippen molar-refractivity contribution in [2.75, 3.05) is 13.2 Å². The van der Waals surface area contributed by atoms with E-state index in [9.17, 15) is 9.50 Å². The molecule has 0 amide bonds. The number of aliphatic hydroxyl groups is 1. The highest BCUT2D eigenvalue weighted by Gasteiger charge is 2.31. The van der Waals surface area contributed by atoms with Gasteiger partial charge in [0.2, 0.25) is 0 Å². The quantitative estimate of drug-likeness (QED) is 0.325. The zero-order chi connectivity index (χ0) is 29.1. The third kappa shape index (κ3) is 4.18. The van der Waals surface area contributed by atoms with E-state index in [0.29, 0.717) is 24.5 Å². The van der Waals surface area contributed by atoms with Crippen molar-refractivity contribution in [3.8, 4) is 11.3 Å². The van der Waals surface area contributed by atoms with Crippen molar-refractivity contribution in [3.63, 3.8) is 0 Å². The summed E-state index contributed by atoms with van der Waals surface area (Å²) < 4.78 is 47.5. The Bertz CT molecular complexity index is 1730. The third-order valence-corrected chi connectivity index (χ3v) is 7.65. The molecule has 1 N–H and O–H groups in total.